The summed E-state index contributed by atoms with van der Waals surface area (Å²) in [6, 6.07) is 1.83. The number of carboxylic acid groups (broad SMARTS) is 1. The molecule has 35 heavy (non-hydrogen) atoms. The Hall–Kier alpha value is -1.51. The minimum absolute atomic E-state index is 0.140. The van der Waals surface area contributed by atoms with Crippen LogP contribution in [0.5, 0.6) is 5.75 Å². The van der Waals surface area contributed by atoms with Gasteiger partial charge in [-0.1, -0.05) is 124 Å². The molecule has 1 aromatic carbocycles. The van der Waals surface area contributed by atoms with Gasteiger partial charge in [-0.2, -0.15) is 0 Å². The van der Waals surface area contributed by atoms with Crippen molar-refractivity contribution < 1.29 is 15.0 Å². The molecule has 0 fully saturated rings. The second-order valence-electron chi connectivity index (χ2n) is 11.7. The molecule has 2 N–H and O–H groups in total. The SMILES string of the molecule is CCCCCCCCCCCCCCCCCCc1c(CCC(=O)O)c(C)cc(O)c1C(C)(C)C. The summed E-state index contributed by atoms with van der Waals surface area (Å²) in [6.45, 7) is 10.7. The van der Waals surface area contributed by atoms with E-state index in [-0.39, 0.29) is 11.8 Å². The first-order valence-corrected chi connectivity index (χ1v) is 14.7. The average Bonchev–Trinajstić information content (AvgIpc) is 2.77. The van der Waals surface area contributed by atoms with Crippen molar-refractivity contribution in [3.05, 3.63) is 28.3 Å². The second kappa shape index (κ2) is 17.8. The van der Waals surface area contributed by atoms with Crippen LogP contribution in [-0.4, -0.2) is 16.2 Å². The number of phenolic OH excluding ortho intramolecular Hbond substituents is 1. The summed E-state index contributed by atoms with van der Waals surface area (Å²) < 4.78 is 0. The first kappa shape index (κ1) is 31.5. The average molecular weight is 489 g/mol. The minimum atomic E-state index is -0.761. The van der Waals surface area contributed by atoms with Crippen molar-refractivity contribution in [3.8, 4) is 5.75 Å². The Morgan fingerprint density at radius 1 is 0.714 bits per heavy atom. The molecule has 0 aliphatic heterocycles. The molecule has 3 heteroatoms. The molecular formula is C32H56O3. The molecule has 0 aromatic heterocycles. The topological polar surface area (TPSA) is 57.5 Å². The smallest absolute Gasteiger partial charge is 0.303 e. The van der Waals surface area contributed by atoms with Crippen LogP contribution < -0.4 is 0 Å². The molecule has 3 nitrogen and oxygen atoms in total. The van der Waals surface area contributed by atoms with Gasteiger partial charge in [0.25, 0.3) is 0 Å². The lowest BCUT2D eigenvalue weighted by molar-refractivity contribution is -0.136. The Kier molecular flexibility index (Phi) is 16.1. The number of benzene rings is 1. The third-order valence-corrected chi connectivity index (χ3v) is 7.37. The van der Waals surface area contributed by atoms with E-state index in [2.05, 4.69) is 27.7 Å². The van der Waals surface area contributed by atoms with E-state index in [0.717, 1.165) is 29.5 Å². The van der Waals surface area contributed by atoms with E-state index >= 15 is 0 Å². The summed E-state index contributed by atoms with van der Waals surface area (Å²) in [5.41, 5.74) is 4.19. The first-order valence-electron chi connectivity index (χ1n) is 14.7. The number of unbranched alkanes of at least 4 members (excludes halogenated alkanes) is 15. The molecule has 202 valence electrons. The molecule has 0 heterocycles. The fourth-order valence-electron chi connectivity index (χ4n) is 5.45. The highest BCUT2D eigenvalue weighted by molar-refractivity contribution is 5.67. The van der Waals surface area contributed by atoms with Gasteiger partial charge < -0.3 is 10.2 Å². The van der Waals surface area contributed by atoms with Crippen LogP contribution in [-0.2, 0) is 23.1 Å². The molecule has 0 spiro atoms. The molecule has 1 aromatic rings. The predicted octanol–water partition coefficient (Wildman–Crippen LogP) is 9.82. The molecule has 1 rings (SSSR count). The maximum atomic E-state index is 11.2. The van der Waals surface area contributed by atoms with Crippen molar-refractivity contribution in [3.63, 3.8) is 0 Å². The number of aromatic hydroxyl groups is 1. The third-order valence-electron chi connectivity index (χ3n) is 7.37. The van der Waals surface area contributed by atoms with Gasteiger partial charge in [0.2, 0.25) is 0 Å². The largest absolute Gasteiger partial charge is 0.508 e. The predicted molar refractivity (Wildman–Crippen MR) is 151 cm³/mol. The zero-order chi connectivity index (χ0) is 26.1. The maximum absolute atomic E-state index is 11.2. The van der Waals surface area contributed by atoms with Gasteiger partial charge in [-0.3, -0.25) is 4.79 Å². The van der Waals surface area contributed by atoms with Gasteiger partial charge in [-0.15, -0.1) is 0 Å². The molecular weight excluding hydrogens is 432 g/mol. The van der Waals surface area contributed by atoms with Crippen molar-refractivity contribution in [2.75, 3.05) is 0 Å². The number of aliphatic carboxylic acids is 1. The Bertz CT molecular complexity index is 714. The fourth-order valence-corrected chi connectivity index (χ4v) is 5.45. The van der Waals surface area contributed by atoms with Crippen molar-refractivity contribution in [2.24, 2.45) is 0 Å². The summed E-state index contributed by atoms with van der Waals surface area (Å²) in [5.74, 6) is -0.399. The molecule has 0 saturated carbocycles. The van der Waals surface area contributed by atoms with Crippen LogP contribution in [0.1, 0.15) is 159 Å². The van der Waals surface area contributed by atoms with Gasteiger partial charge in [0, 0.05) is 12.0 Å². The van der Waals surface area contributed by atoms with Gasteiger partial charge in [-0.25, -0.2) is 0 Å². The number of carbonyl (C=O) groups is 1. The van der Waals surface area contributed by atoms with E-state index in [1.807, 2.05) is 13.0 Å². The summed E-state index contributed by atoms with van der Waals surface area (Å²) in [5, 5.41) is 19.9. The summed E-state index contributed by atoms with van der Waals surface area (Å²) in [4.78, 5) is 11.2. The standard InChI is InChI=1S/C32H56O3/c1-6-7-8-9-10-11-12-13-14-15-16-17-18-19-20-21-22-28-27(23-24-30(34)35)26(2)25-29(33)31(28)32(3,4)5/h25,33H,6-24H2,1-5H3,(H,34,35). The molecule has 0 amide bonds. The van der Waals surface area contributed by atoms with Crippen molar-refractivity contribution in [1.82, 2.24) is 0 Å². The van der Waals surface area contributed by atoms with Gasteiger partial charge in [0.05, 0.1) is 0 Å². The lowest BCUT2D eigenvalue weighted by Gasteiger charge is -2.27. The van der Waals surface area contributed by atoms with Gasteiger partial charge in [-0.05, 0) is 54.4 Å². The number of rotatable bonds is 20. The van der Waals surface area contributed by atoms with E-state index in [1.165, 1.54) is 102 Å². The first-order chi connectivity index (χ1) is 16.7. The van der Waals surface area contributed by atoms with Crippen LogP contribution >= 0.6 is 0 Å². The van der Waals surface area contributed by atoms with Crippen LogP contribution in [0.4, 0.5) is 0 Å². The number of aryl methyl sites for hydroxylation is 1. The molecule has 0 bridgehead atoms. The third kappa shape index (κ3) is 13.4. The van der Waals surface area contributed by atoms with Crippen molar-refractivity contribution >= 4 is 5.97 Å². The zero-order valence-corrected chi connectivity index (χ0v) is 23.8. The summed E-state index contributed by atoms with van der Waals surface area (Å²) >= 11 is 0. The van der Waals surface area contributed by atoms with E-state index < -0.39 is 5.97 Å². The van der Waals surface area contributed by atoms with Crippen molar-refractivity contribution in [2.45, 2.75) is 162 Å². The number of hydrogen-bond acceptors (Lipinski definition) is 2. The van der Waals surface area contributed by atoms with E-state index in [0.29, 0.717) is 12.2 Å². The Labute approximate surface area is 217 Å². The van der Waals surface area contributed by atoms with E-state index in [9.17, 15) is 15.0 Å². The normalized spacial score (nSPS) is 11.8. The van der Waals surface area contributed by atoms with Gasteiger partial charge >= 0.3 is 5.97 Å². The zero-order valence-electron chi connectivity index (χ0n) is 23.8. The Morgan fingerprint density at radius 2 is 1.14 bits per heavy atom. The van der Waals surface area contributed by atoms with Crippen LogP contribution in [0.25, 0.3) is 0 Å². The summed E-state index contributed by atoms with van der Waals surface area (Å²) in [6.07, 6.45) is 23.3. The molecule has 0 aliphatic carbocycles. The number of phenols is 1. The highest BCUT2D eigenvalue weighted by atomic mass is 16.4. The van der Waals surface area contributed by atoms with Crippen LogP contribution in [0.3, 0.4) is 0 Å². The lowest BCUT2D eigenvalue weighted by Crippen LogP contribution is -2.17. The van der Waals surface area contributed by atoms with Crippen LogP contribution in [0, 0.1) is 6.92 Å². The minimum Gasteiger partial charge on any atom is -0.508 e. The highest BCUT2D eigenvalue weighted by Gasteiger charge is 2.25. The van der Waals surface area contributed by atoms with Crippen LogP contribution in [0.15, 0.2) is 6.07 Å². The van der Waals surface area contributed by atoms with E-state index in [1.54, 1.807) is 0 Å². The van der Waals surface area contributed by atoms with Crippen molar-refractivity contribution in [1.29, 1.82) is 0 Å². The monoisotopic (exact) mass is 488 g/mol. The second-order valence-corrected chi connectivity index (χ2v) is 11.7. The van der Waals surface area contributed by atoms with Crippen LogP contribution in [0.2, 0.25) is 0 Å². The van der Waals surface area contributed by atoms with E-state index in [4.69, 9.17) is 0 Å². The highest BCUT2D eigenvalue weighted by Crippen LogP contribution is 2.38. The molecule has 0 saturated heterocycles. The lowest BCUT2D eigenvalue weighted by atomic mass is 9.78. The molecule has 0 atom stereocenters. The summed E-state index contributed by atoms with van der Waals surface area (Å²) in [7, 11) is 0. The fraction of sp³-hybridized carbons (Fsp3) is 0.781. The maximum Gasteiger partial charge on any atom is 0.303 e. The quantitative estimate of drug-likeness (QED) is 0.180. The number of carboxylic acids is 1. The molecule has 0 unspecified atom stereocenters. The molecule has 0 aliphatic rings. The Morgan fingerprint density at radius 3 is 1.54 bits per heavy atom. The molecule has 0 radical (unpaired) electrons. The van der Waals surface area contributed by atoms with Gasteiger partial charge in [0.15, 0.2) is 0 Å². The van der Waals surface area contributed by atoms with Gasteiger partial charge in [0.1, 0.15) is 5.75 Å². The number of hydrogen-bond donors (Lipinski definition) is 2. The Balaban J connectivity index is 2.33.